The first kappa shape index (κ1) is 18.2. The first-order valence-corrected chi connectivity index (χ1v) is 9.79. The van der Waals surface area contributed by atoms with Crippen LogP contribution in [0.25, 0.3) is 0 Å². The van der Waals surface area contributed by atoms with Crippen molar-refractivity contribution in [2.45, 2.75) is 17.7 Å². The van der Waals surface area contributed by atoms with Gasteiger partial charge in [0.2, 0.25) is 15.9 Å². The molecule has 2 aromatic rings. The van der Waals surface area contributed by atoms with Crippen molar-refractivity contribution in [2.24, 2.45) is 11.0 Å². The summed E-state index contributed by atoms with van der Waals surface area (Å²) in [6.07, 6.45) is 6.06. The van der Waals surface area contributed by atoms with Crippen molar-refractivity contribution >= 4 is 22.1 Å². The molecule has 7 nitrogen and oxygen atoms in total. The fraction of sp³-hybridized carbons (Fsp3) is 0.278. The normalized spacial score (nSPS) is 18.7. The molecule has 0 aliphatic carbocycles. The third kappa shape index (κ3) is 4.33. The molecule has 0 bridgehead atoms. The van der Waals surface area contributed by atoms with Crippen molar-refractivity contribution in [3.63, 3.8) is 0 Å². The summed E-state index contributed by atoms with van der Waals surface area (Å²) < 4.78 is 26.8. The Kier molecular flexibility index (Phi) is 5.75. The maximum absolute atomic E-state index is 12.7. The molecule has 26 heavy (non-hydrogen) atoms. The molecule has 1 saturated heterocycles. The minimum atomic E-state index is -3.59. The number of aromatic nitrogens is 1. The van der Waals surface area contributed by atoms with Crippen LogP contribution in [0.2, 0.25) is 0 Å². The summed E-state index contributed by atoms with van der Waals surface area (Å²) in [5.74, 6) is -0.702. The maximum atomic E-state index is 12.7. The summed E-state index contributed by atoms with van der Waals surface area (Å²) in [7, 11) is -3.59. The van der Waals surface area contributed by atoms with Gasteiger partial charge in [0.1, 0.15) is 0 Å². The van der Waals surface area contributed by atoms with Crippen molar-refractivity contribution < 1.29 is 13.2 Å². The van der Waals surface area contributed by atoms with Crippen LogP contribution < -0.4 is 5.43 Å². The molecule has 1 aliphatic rings. The first-order chi connectivity index (χ1) is 12.6. The predicted octanol–water partition coefficient (Wildman–Crippen LogP) is 1.63. The van der Waals surface area contributed by atoms with Gasteiger partial charge < -0.3 is 0 Å². The molecule has 1 aromatic carbocycles. The standard InChI is InChI=1S/C18H20N4O3S/c23-18(21-20-13-15-6-4-10-19-12-15)16-7-5-11-22(14-16)26(24,25)17-8-2-1-3-9-17/h1-4,6,8-10,12-13,16H,5,7,11,14H2,(H,21,23). The van der Waals surface area contributed by atoms with Crippen LogP contribution >= 0.6 is 0 Å². The number of hydrogen-bond donors (Lipinski definition) is 1. The number of pyridine rings is 1. The molecule has 8 heteroatoms. The number of nitrogens with one attached hydrogen (secondary N) is 1. The number of amides is 1. The van der Waals surface area contributed by atoms with Gasteiger partial charge in [0.25, 0.3) is 0 Å². The number of sulfonamides is 1. The number of nitrogens with zero attached hydrogens (tertiary/aromatic N) is 3. The van der Waals surface area contributed by atoms with E-state index in [1.54, 1.807) is 48.8 Å². The molecule has 0 spiro atoms. The maximum Gasteiger partial charge on any atom is 0.244 e. The van der Waals surface area contributed by atoms with Gasteiger partial charge in [0.15, 0.2) is 0 Å². The molecule has 0 radical (unpaired) electrons. The molecular formula is C18H20N4O3S. The topological polar surface area (TPSA) is 91.7 Å². The van der Waals surface area contributed by atoms with Gasteiger partial charge in [-0.15, -0.1) is 0 Å². The lowest BCUT2D eigenvalue weighted by atomic mass is 9.99. The SMILES string of the molecule is O=C(NN=Cc1cccnc1)C1CCCN(S(=O)(=O)c2ccccc2)C1. The average Bonchev–Trinajstić information content (AvgIpc) is 2.69. The molecule has 136 valence electrons. The summed E-state index contributed by atoms with van der Waals surface area (Å²) in [5, 5.41) is 3.93. The molecule has 1 unspecified atom stereocenters. The summed E-state index contributed by atoms with van der Waals surface area (Å²) in [6.45, 7) is 0.575. The second-order valence-electron chi connectivity index (χ2n) is 6.04. The Morgan fingerprint density at radius 3 is 2.77 bits per heavy atom. The number of carbonyl (C=O) groups is 1. The van der Waals surface area contributed by atoms with Crippen molar-refractivity contribution in [1.29, 1.82) is 0 Å². The Hall–Kier alpha value is -2.58. The minimum absolute atomic E-state index is 0.158. The third-order valence-electron chi connectivity index (χ3n) is 4.21. The predicted molar refractivity (Wildman–Crippen MR) is 97.9 cm³/mol. The average molecular weight is 372 g/mol. The van der Waals surface area contributed by atoms with Gasteiger partial charge in [-0.1, -0.05) is 24.3 Å². The molecule has 1 fully saturated rings. The van der Waals surface area contributed by atoms with Crippen LogP contribution in [0.1, 0.15) is 18.4 Å². The van der Waals surface area contributed by atoms with E-state index in [0.29, 0.717) is 19.4 Å². The van der Waals surface area contributed by atoms with Gasteiger partial charge in [-0.05, 0) is 31.0 Å². The lowest BCUT2D eigenvalue weighted by Crippen LogP contribution is -2.44. The largest absolute Gasteiger partial charge is 0.273 e. The Balaban J connectivity index is 1.63. The van der Waals surface area contributed by atoms with Crippen LogP contribution in [0.15, 0.2) is 64.9 Å². The van der Waals surface area contributed by atoms with Crippen LogP contribution in [0.5, 0.6) is 0 Å². The molecule has 2 heterocycles. The van der Waals surface area contributed by atoms with E-state index in [9.17, 15) is 13.2 Å². The second kappa shape index (κ2) is 8.20. The molecule has 1 N–H and O–H groups in total. The summed E-state index contributed by atoms with van der Waals surface area (Å²) >= 11 is 0. The van der Waals surface area contributed by atoms with Crippen molar-refractivity contribution in [1.82, 2.24) is 14.7 Å². The van der Waals surface area contributed by atoms with Crippen LogP contribution in [0, 0.1) is 5.92 Å². The van der Waals surface area contributed by atoms with Gasteiger partial charge in [-0.3, -0.25) is 9.78 Å². The quantitative estimate of drug-likeness (QED) is 0.638. The smallest absolute Gasteiger partial charge is 0.244 e. The van der Waals surface area contributed by atoms with Gasteiger partial charge in [-0.25, -0.2) is 13.8 Å². The van der Waals surface area contributed by atoms with Gasteiger partial charge in [0, 0.05) is 31.0 Å². The van der Waals surface area contributed by atoms with Crippen LogP contribution in [0.4, 0.5) is 0 Å². The number of benzene rings is 1. The van der Waals surface area contributed by atoms with E-state index in [1.165, 1.54) is 10.5 Å². The van der Waals surface area contributed by atoms with Gasteiger partial charge in [-0.2, -0.15) is 9.41 Å². The van der Waals surface area contributed by atoms with E-state index in [-0.39, 0.29) is 17.3 Å². The molecule has 1 aliphatic heterocycles. The van der Waals surface area contributed by atoms with Crippen molar-refractivity contribution in [3.05, 3.63) is 60.4 Å². The van der Waals surface area contributed by atoms with Crippen molar-refractivity contribution in [3.8, 4) is 0 Å². The Morgan fingerprint density at radius 2 is 2.04 bits per heavy atom. The highest BCUT2D eigenvalue weighted by atomic mass is 32.2. The Bertz CT molecular complexity index is 870. The number of piperidine rings is 1. The van der Waals surface area contributed by atoms with E-state index in [2.05, 4.69) is 15.5 Å². The number of hydrazone groups is 1. The highest BCUT2D eigenvalue weighted by molar-refractivity contribution is 7.89. The van der Waals surface area contributed by atoms with E-state index >= 15 is 0 Å². The van der Waals surface area contributed by atoms with Gasteiger partial charge in [0.05, 0.1) is 17.0 Å². The fourth-order valence-electron chi connectivity index (χ4n) is 2.83. The van der Waals surface area contributed by atoms with E-state index < -0.39 is 15.9 Å². The van der Waals surface area contributed by atoms with E-state index in [0.717, 1.165) is 5.56 Å². The molecule has 1 aromatic heterocycles. The zero-order valence-corrected chi connectivity index (χ0v) is 15.0. The number of rotatable bonds is 5. The van der Waals surface area contributed by atoms with Crippen LogP contribution in [0.3, 0.4) is 0 Å². The molecule has 3 rings (SSSR count). The van der Waals surface area contributed by atoms with Crippen molar-refractivity contribution in [2.75, 3.05) is 13.1 Å². The lowest BCUT2D eigenvalue weighted by Gasteiger charge is -2.30. The molecule has 1 atom stereocenters. The van der Waals surface area contributed by atoms with E-state index in [1.807, 2.05) is 6.07 Å². The molecule has 1 amide bonds. The number of hydrogen-bond acceptors (Lipinski definition) is 5. The third-order valence-corrected chi connectivity index (χ3v) is 6.09. The lowest BCUT2D eigenvalue weighted by molar-refractivity contribution is -0.126. The van der Waals surface area contributed by atoms with Crippen LogP contribution in [-0.2, 0) is 14.8 Å². The molecular weight excluding hydrogens is 352 g/mol. The number of carbonyl (C=O) groups excluding carboxylic acids is 1. The summed E-state index contributed by atoms with van der Waals surface area (Å²) in [6, 6.07) is 11.9. The Morgan fingerprint density at radius 1 is 1.23 bits per heavy atom. The first-order valence-electron chi connectivity index (χ1n) is 8.35. The Labute approximate surface area is 152 Å². The van der Waals surface area contributed by atoms with Crippen LogP contribution in [-0.4, -0.2) is 42.9 Å². The molecule has 0 saturated carbocycles. The monoisotopic (exact) mass is 372 g/mol. The highest BCUT2D eigenvalue weighted by Gasteiger charge is 2.33. The minimum Gasteiger partial charge on any atom is -0.273 e. The van der Waals surface area contributed by atoms with E-state index in [4.69, 9.17) is 0 Å². The van der Waals surface area contributed by atoms with Gasteiger partial charge >= 0.3 is 0 Å². The zero-order chi connectivity index (χ0) is 18.4. The zero-order valence-electron chi connectivity index (χ0n) is 14.2. The highest BCUT2D eigenvalue weighted by Crippen LogP contribution is 2.23. The summed E-state index contributed by atoms with van der Waals surface area (Å²) in [4.78, 5) is 16.5. The summed E-state index contributed by atoms with van der Waals surface area (Å²) in [5.41, 5.74) is 3.26. The second-order valence-corrected chi connectivity index (χ2v) is 7.97. The fourth-order valence-corrected chi connectivity index (χ4v) is 4.38.